The molecule has 19 heavy (non-hydrogen) atoms. The highest BCUT2D eigenvalue weighted by atomic mass is 15.3. The summed E-state index contributed by atoms with van der Waals surface area (Å²) in [6.07, 6.45) is 2.69. The third kappa shape index (κ3) is 1.76. The highest BCUT2D eigenvalue weighted by Crippen LogP contribution is 2.19. The lowest BCUT2D eigenvalue weighted by Gasteiger charge is -1.99. The number of rotatable bonds is 2. The van der Waals surface area contributed by atoms with E-state index in [1.54, 1.807) is 16.8 Å². The van der Waals surface area contributed by atoms with Crippen molar-refractivity contribution in [3.63, 3.8) is 0 Å². The highest BCUT2D eigenvalue weighted by molar-refractivity contribution is 5.57. The number of aromatic nitrogens is 5. The normalized spacial score (nSPS) is 10.8. The average Bonchev–Trinajstić information content (AvgIpc) is 3.00. The summed E-state index contributed by atoms with van der Waals surface area (Å²) < 4.78 is 3.66. The Morgan fingerprint density at radius 2 is 2.16 bits per heavy atom. The maximum atomic E-state index is 8.88. The lowest BCUT2D eigenvalue weighted by atomic mass is 10.3. The van der Waals surface area contributed by atoms with Gasteiger partial charge in [-0.05, 0) is 18.6 Å². The fourth-order valence-electron chi connectivity index (χ4n) is 2.04. The summed E-state index contributed by atoms with van der Waals surface area (Å²) in [5, 5.41) is 21.6. The van der Waals surface area contributed by atoms with Crippen molar-refractivity contribution >= 4 is 5.65 Å². The molecule has 0 saturated carbocycles. The van der Waals surface area contributed by atoms with Gasteiger partial charge in [0.15, 0.2) is 11.5 Å². The lowest BCUT2D eigenvalue weighted by molar-refractivity contribution is 0.747. The Labute approximate surface area is 109 Å². The van der Waals surface area contributed by atoms with Crippen LogP contribution in [0, 0.1) is 11.3 Å². The molecule has 0 saturated heterocycles. The summed E-state index contributed by atoms with van der Waals surface area (Å²) in [7, 11) is 1.89. The van der Waals surface area contributed by atoms with Crippen molar-refractivity contribution in [2.75, 3.05) is 0 Å². The molecule has 0 N–H and O–H groups in total. The minimum absolute atomic E-state index is 0.575. The Morgan fingerprint density at radius 1 is 1.32 bits per heavy atom. The van der Waals surface area contributed by atoms with Crippen molar-refractivity contribution in [1.82, 2.24) is 24.4 Å². The van der Waals surface area contributed by atoms with Crippen molar-refractivity contribution < 1.29 is 0 Å². The smallest absolute Gasteiger partial charge is 0.186 e. The van der Waals surface area contributed by atoms with E-state index in [-0.39, 0.29) is 0 Å². The van der Waals surface area contributed by atoms with Crippen molar-refractivity contribution in [1.29, 1.82) is 5.26 Å². The van der Waals surface area contributed by atoms with Gasteiger partial charge in [-0.1, -0.05) is 6.92 Å². The zero-order valence-corrected chi connectivity index (χ0v) is 10.7. The van der Waals surface area contributed by atoms with Gasteiger partial charge in [-0.25, -0.2) is 0 Å². The maximum absolute atomic E-state index is 8.88. The number of nitrogens with zero attached hydrogens (tertiary/aromatic N) is 6. The Balaban J connectivity index is 2.20. The van der Waals surface area contributed by atoms with Gasteiger partial charge in [0, 0.05) is 19.3 Å². The molecule has 94 valence electrons. The summed E-state index contributed by atoms with van der Waals surface area (Å²) in [6.45, 7) is 2.06. The predicted molar refractivity (Wildman–Crippen MR) is 69.3 cm³/mol. The van der Waals surface area contributed by atoms with Gasteiger partial charge < -0.3 is 0 Å². The Morgan fingerprint density at radius 3 is 2.84 bits per heavy atom. The molecular formula is C13H12N6. The summed E-state index contributed by atoms with van der Waals surface area (Å²) >= 11 is 0. The van der Waals surface area contributed by atoms with Crippen LogP contribution in [0.1, 0.15) is 18.2 Å². The first-order chi connectivity index (χ1) is 9.22. The quantitative estimate of drug-likeness (QED) is 0.694. The number of pyridine rings is 1. The fourth-order valence-corrected chi connectivity index (χ4v) is 2.04. The Bertz CT molecular complexity index is 789. The maximum Gasteiger partial charge on any atom is 0.186 e. The molecule has 0 aliphatic rings. The number of fused-ring (bicyclic) bond motifs is 1. The Kier molecular flexibility index (Phi) is 2.53. The van der Waals surface area contributed by atoms with Gasteiger partial charge in [0.05, 0.1) is 17.3 Å². The first-order valence-corrected chi connectivity index (χ1v) is 6.01. The molecule has 0 fully saturated rings. The van der Waals surface area contributed by atoms with Crippen LogP contribution in [-0.4, -0.2) is 24.4 Å². The van der Waals surface area contributed by atoms with E-state index in [2.05, 4.69) is 28.3 Å². The molecule has 0 bridgehead atoms. The van der Waals surface area contributed by atoms with Crippen LogP contribution in [0.3, 0.4) is 0 Å². The van der Waals surface area contributed by atoms with Gasteiger partial charge in [0.1, 0.15) is 5.69 Å². The van der Waals surface area contributed by atoms with E-state index >= 15 is 0 Å². The summed E-state index contributed by atoms with van der Waals surface area (Å²) in [4.78, 5) is 0. The second kappa shape index (κ2) is 4.21. The zero-order chi connectivity index (χ0) is 13.4. The van der Waals surface area contributed by atoms with Gasteiger partial charge in [0.2, 0.25) is 0 Å². The molecule has 0 spiro atoms. The molecule has 6 heteroatoms. The summed E-state index contributed by atoms with van der Waals surface area (Å²) in [5.41, 5.74) is 3.16. The molecule has 3 rings (SSSR count). The molecular weight excluding hydrogens is 240 g/mol. The van der Waals surface area contributed by atoms with Gasteiger partial charge in [-0.3, -0.25) is 9.08 Å². The van der Waals surface area contributed by atoms with E-state index in [0.29, 0.717) is 11.2 Å². The Hall–Kier alpha value is -2.68. The second-order valence-corrected chi connectivity index (χ2v) is 4.28. The molecule has 0 unspecified atom stereocenters. The van der Waals surface area contributed by atoms with E-state index < -0.39 is 0 Å². The monoisotopic (exact) mass is 252 g/mol. The van der Waals surface area contributed by atoms with Crippen LogP contribution < -0.4 is 0 Å². The fraction of sp³-hybridized carbons (Fsp3) is 0.231. The molecule has 0 amide bonds. The van der Waals surface area contributed by atoms with Gasteiger partial charge >= 0.3 is 0 Å². The first kappa shape index (κ1) is 11.4. The predicted octanol–water partition coefficient (Wildman–Crippen LogP) is 1.56. The van der Waals surface area contributed by atoms with E-state index in [4.69, 9.17) is 5.26 Å². The lowest BCUT2D eigenvalue weighted by Crippen LogP contribution is -1.98. The van der Waals surface area contributed by atoms with Crippen LogP contribution >= 0.6 is 0 Å². The molecule has 0 aromatic carbocycles. The SMILES string of the molecule is CCc1cc(-c2nnc3cc(C#N)ccn23)n(C)n1. The summed E-state index contributed by atoms with van der Waals surface area (Å²) in [6, 6.07) is 7.57. The molecule has 3 aromatic rings. The first-order valence-electron chi connectivity index (χ1n) is 6.01. The van der Waals surface area contributed by atoms with Crippen molar-refractivity contribution in [3.05, 3.63) is 35.7 Å². The van der Waals surface area contributed by atoms with Crippen LogP contribution in [0.15, 0.2) is 24.4 Å². The molecule has 3 aromatic heterocycles. The van der Waals surface area contributed by atoms with Crippen LogP contribution in [0.25, 0.3) is 17.2 Å². The van der Waals surface area contributed by atoms with Crippen molar-refractivity contribution in [2.24, 2.45) is 7.05 Å². The number of hydrogen-bond donors (Lipinski definition) is 0. The van der Waals surface area contributed by atoms with E-state index in [1.807, 2.05) is 23.7 Å². The van der Waals surface area contributed by atoms with Gasteiger partial charge in [-0.2, -0.15) is 10.4 Å². The minimum atomic E-state index is 0.575. The topological polar surface area (TPSA) is 71.8 Å². The van der Waals surface area contributed by atoms with Gasteiger partial charge in [0.25, 0.3) is 0 Å². The average molecular weight is 252 g/mol. The number of nitriles is 1. The molecule has 6 nitrogen and oxygen atoms in total. The van der Waals surface area contributed by atoms with Gasteiger partial charge in [-0.15, -0.1) is 10.2 Å². The van der Waals surface area contributed by atoms with Crippen molar-refractivity contribution in [2.45, 2.75) is 13.3 Å². The van der Waals surface area contributed by atoms with E-state index in [9.17, 15) is 0 Å². The molecule has 0 atom stereocenters. The van der Waals surface area contributed by atoms with Crippen LogP contribution in [0.2, 0.25) is 0 Å². The third-order valence-corrected chi connectivity index (χ3v) is 3.06. The third-order valence-electron chi connectivity index (χ3n) is 3.06. The van der Waals surface area contributed by atoms with Crippen molar-refractivity contribution in [3.8, 4) is 17.6 Å². The molecule has 0 aliphatic heterocycles. The number of aryl methyl sites for hydroxylation is 2. The molecule has 0 radical (unpaired) electrons. The van der Waals surface area contributed by atoms with Crippen LogP contribution in [-0.2, 0) is 13.5 Å². The van der Waals surface area contributed by atoms with E-state index in [0.717, 1.165) is 23.6 Å². The largest absolute Gasteiger partial charge is 0.281 e. The number of hydrogen-bond acceptors (Lipinski definition) is 4. The summed E-state index contributed by atoms with van der Waals surface area (Å²) in [5.74, 6) is 0.731. The minimum Gasteiger partial charge on any atom is -0.281 e. The molecule has 3 heterocycles. The molecule has 0 aliphatic carbocycles. The van der Waals surface area contributed by atoms with Crippen LogP contribution in [0.4, 0.5) is 0 Å². The highest BCUT2D eigenvalue weighted by Gasteiger charge is 2.13. The standard InChI is InChI=1S/C13H12N6/c1-3-10-7-11(18(2)17-10)13-16-15-12-6-9(8-14)4-5-19(12)13/h4-7H,3H2,1-2H3. The van der Waals surface area contributed by atoms with E-state index in [1.165, 1.54) is 0 Å². The van der Waals surface area contributed by atoms with Crippen LogP contribution in [0.5, 0.6) is 0 Å². The second-order valence-electron chi connectivity index (χ2n) is 4.28. The zero-order valence-electron chi connectivity index (χ0n) is 10.7.